The van der Waals surface area contributed by atoms with Crippen molar-refractivity contribution in [3.8, 4) is 0 Å². The first-order valence-corrected chi connectivity index (χ1v) is 4.54. The van der Waals surface area contributed by atoms with Crippen LogP contribution in [0.3, 0.4) is 0 Å². The van der Waals surface area contributed by atoms with Crippen LogP contribution in [0.2, 0.25) is 0 Å². The summed E-state index contributed by atoms with van der Waals surface area (Å²) in [6, 6.07) is 5.85. The van der Waals surface area contributed by atoms with E-state index in [0.717, 1.165) is 16.0 Å². The molecule has 3 heteroatoms. The molecule has 0 amide bonds. The van der Waals surface area contributed by atoms with Gasteiger partial charge in [0, 0.05) is 11.3 Å². The van der Waals surface area contributed by atoms with Gasteiger partial charge in [-0.05, 0) is 25.0 Å². The molecule has 0 radical (unpaired) electrons. The van der Waals surface area contributed by atoms with Gasteiger partial charge in [0.2, 0.25) is 0 Å². The van der Waals surface area contributed by atoms with Gasteiger partial charge in [-0.25, -0.2) is 0 Å². The van der Waals surface area contributed by atoms with Crippen molar-refractivity contribution in [2.75, 3.05) is 0 Å². The second-order valence-electron chi connectivity index (χ2n) is 3.03. The second kappa shape index (κ2) is 4.33. The van der Waals surface area contributed by atoms with Gasteiger partial charge in [0.15, 0.2) is 0 Å². The molecule has 0 aliphatic heterocycles. The lowest BCUT2D eigenvalue weighted by molar-refractivity contribution is -0.136. The fraction of sp³-hybridized carbons (Fsp3) is 0.300. The van der Waals surface area contributed by atoms with Crippen LogP contribution in [0.1, 0.15) is 17.5 Å². The number of carboxylic acid groups (broad SMARTS) is 1. The maximum atomic E-state index is 10.3. The van der Waals surface area contributed by atoms with Crippen molar-refractivity contribution in [3.05, 3.63) is 29.3 Å². The largest absolute Gasteiger partial charge is 0.481 e. The quantitative estimate of drug-likeness (QED) is 0.728. The Hall–Kier alpha value is -0.960. The molecule has 13 heavy (non-hydrogen) atoms. The van der Waals surface area contributed by atoms with Gasteiger partial charge >= 0.3 is 5.97 Å². The van der Waals surface area contributed by atoms with Crippen molar-refractivity contribution in [3.63, 3.8) is 0 Å². The molecule has 0 unspecified atom stereocenters. The van der Waals surface area contributed by atoms with E-state index in [0.29, 0.717) is 6.42 Å². The number of carboxylic acids is 1. The molecule has 0 aromatic heterocycles. The number of hydrogen-bond donors (Lipinski definition) is 2. The number of aryl methyl sites for hydroxylation is 2. The lowest BCUT2D eigenvalue weighted by Gasteiger charge is -2.03. The van der Waals surface area contributed by atoms with E-state index >= 15 is 0 Å². The number of benzene rings is 1. The van der Waals surface area contributed by atoms with Gasteiger partial charge in [0.1, 0.15) is 0 Å². The smallest absolute Gasteiger partial charge is 0.303 e. The van der Waals surface area contributed by atoms with E-state index < -0.39 is 5.97 Å². The van der Waals surface area contributed by atoms with Gasteiger partial charge < -0.3 is 5.11 Å². The standard InChI is InChI=1S/C10H12O2S/c1-7-2-3-8(9(13)6-7)4-5-10(11)12/h2-3,6,13H,4-5H2,1H3,(H,11,12). The highest BCUT2D eigenvalue weighted by Crippen LogP contribution is 2.17. The molecule has 1 rings (SSSR count). The summed E-state index contributed by atoms with van der Waals surface area (Å²) in [6.07, 6.45) is 0.713. The molecule has 0 heterocycles. The van der Waals surface area contributed by atoms with Crippen molar-refractivity contribution in [2.24, 2.45) is 0 Å². The zero-order valence-corrected chi connectivity index (χ0v) is 8.34. The summed E-state index contributed by atoms with van der Waals surface area (Å²) < 4.78 is 0. The van der Waals surface area contributed by atoms with E-state index in [-0.39, 0.29) is 6.42 Å². The van der Waals surface area contributed by atoms with Crippen molar-refractivity contribution in [2.45, 2.75) is 24.7 Å². The predicted octanol–water partition coefficient (Wildman–Crippen LogP) is 2.30. The molecule has 1 aromatic rings. The number of rotatable bonds is 3. The lowest BCUT2D eigenvalue weighted by atomic mass is 10.1. The third-order valence-electron chi connectivity index (χ3n) is 1.85. The number of thiol groups is 1. The average Bonchev–Trinajstić information content (AvgIpc) is 2.02. The summed E-state index contributed by atoms with van der Waals surface area (Å²) in [7, 11) is 0. The summed E-state index contributed by atoms with van der Waals surface area (Å²) in [4.78, 5) is 11.2. The van der Waals surface area contributed by atoms with Gasteiger partial charge in [-0.1, -0.05) is 17.7 Å². The van der Waals surface area contributed by atoms with Crippen LogP contribution in [0.5, 0.6) is 0 Å². The van der Waals surface area contributed by atoms with E-state index in [1.807, 2.05) is 25.1 Å². The molecule has 0 saturated carbocycles. The molecule has 70 valence electrons. The lowest BCUT2D eigenvalue weighted by Crippen LogP contribution is -1.98. The zero-order chi connectivity index (χ0) is 9.84. The molecule has 1 N–H and O–H groups in total. The topological polar surface area (TPSA) is 37.3 Å². The summed E-state index contributed by atoms with van der Waals surface area (Å²) in [5.74, 6) is -0.770. The Kier molecular flexibility index (Phi) is 3.37. The van der Waals surface area contributed by atoms with E-state index in [4.69, 9.17) is 5.11 Å². The predicted molar refractivity (Wildman–Crippen MR) is 54.4 cm³/mol. The molecule has 0 bridgehead atoms. The van der Waals surface area contributed by atoms with Gasteiger partial charge in [0.05, 0.1) is 0 Å². The Labute approximate surface area is 83.0 Å². The van der Waals surface area contributed by atoms with Crippen molar-refractivity contribution in [1.82, 2.24) is 0 Å². The van der Waals surface area contributed by atoms with Crippen molar-refractivity contribution >= 4 is 18.6 Å². The molecular weight excluding hydrogens is 184 g/mol. The van der Waals surface area contributed by atoms with E-state index in [1.165, 1.54) is 0 Å². The first-order valence-electron chi connectivity index (χ1n) is 4.10. The van der Waals surface area contributed by atoms with Gasteiger partial charge in [0.25, 0.3) is 0 Å². The van der Waals surface area contributed by atoms with E-state index in [1.54, 1.807) is 0 Å². The van der Waals surface area contributed by atoms with Crippen molar-refractivity contribution in [1.29, 1.82) is 0 Å². The van der Waals surface area contributed by atoms with Crippen LogP contribution >= 0.6 is 12.6 Å². The zero-order valence-electron chi connectivity index (χ0n) is 7.45. The molecule has 1 aromatic carbocycles. The highest BCUT2D eigenvalue weighted by atomic mass is 32.1. The molecule has 2 nitrogen and oxygen atoms in total. The van der Waals surface area contributed by atoms with Crippen LogP contribution < -0.4 is 0 Å². The Morgan fingerprint density at radius 3 is 2.77 bits per heavy atom. The highest BCUT2D eigenvalue weighted by molar-refractivity contribution is 7.80. The highest BCUT2D eigenvalue weighted by Gasteiger charge is 2.02. The monoisotopic (exact) mass is 196 g/mol. The molecular formula is C10H12O2S. The molecule has 0 spiro atoms. The first kappa shape index (κ1) is 10.1. The third kappa shape index (κ3) is 3.11. The second-order valence-corrected chi connectivity index (χ2v) is 3.51. The van der Waals surface area contributed by atoms with E-state index in [2.05, 4.69) is 12.6 Å². The van der Waals surface area contributed by atoms with Crippen molar-refractivity contribution < 1.29 is 9.90 Å². The SMILES string of the molecule is Cc1ccc(CCC(=O)O)c(S)c1. The third-order valence-corrected chi connectivity index (χ3v) is 2.27. The minimum Gasteiger partial charge on any atom is -0.481 e. The summed E-state index contributed by atoms with van der Waals surface area (Å²) in [5.41, 5.74) is 2.14. The molecule has 0 aliphatic carbocycles. The number of aliphatic carboxylic acids is 1. The minimum absolute atomic E-state index is 0.163. The van der Waals surface area contributed by atoms with Crippen LogP contribution in [0, 0.1) is 6.92 Å². The summed E-state index contributed by atoms with van der Waals surface area (Å²) in [5, 5.41) is 8.50. The van der Waals surface area contributed by atoms with Gasteiger partial charge in [-0.2, -0.15) is 0 Å². The molecule has 0 aliphatic rings. The van der Waals surface area contributed by atoms with Crippen LogP contribution in [-0.2, 0) is 11.2 Å². The van der Waals surface area contributed by atoms with Crippen LogP contribution in [0.4, 0.5) is 0 Å². The Morgan fingerprint density at radius 1 is 1.54 bits per heavy atom. The summed E-state index contributed by atoms with van der Waals surface area (Å²) in [6.45, 7) is 1.99. The fourth-order valence-corrected chi connectivity index (χ4v) is 1.52. The molecule has 0 saturated heterocycles. The maximum absolute atomic E-state index is 10.3. The van der Waals surface area contributed by atoms with Crippen LogP contribution in [0.15, 0.2) is 23.1 Å². The normalized spacial score (nSPS) is 10.0. The Bertz CT molecular complexity index is 321. The average molecular weight is 196 g/mol. The molecule has 0 atom stereocenters. The number of carbonyl (C=O) groups is 1. The number of hydrogen-bond acceptors (Lipinski definition) is 2. The molecule has 0 fully saturated rings. The summed E-state index contributed by atoms with van der Waals surface area (Å²) >= 11 is 4.28. The first-order chi connectivity index (χ1) is 6.09. The maximum Gasteiger partial charge on any atom is 0.303 e. The minimum atomic E-state index is -0.770. The van der Waals surface area contributed by atoms with E-state index in [9.17, 15) is 4.79 Å². The van der Waals surface area contributed by atoms with Gasteiger partial charge in [-0.15, -0.1) is 12.6 Å². The Balaban J connectivity index is 2.72. The van der Waals surface area contributed by atoms with Gasteiger partial charge in [-0.3, -0.25) is 4.79 Å². The Morgan fingerprint density at radius 2 is 2.23 bits per heavy atom. The van der Waals surface area contributed by atoms with Crippen LogP contribution in [-0.4, -0.2) is 11.1 Å². The fourth-order valence-electron chi connectivity index (χ4n) is 1.13. The van der Waals surface area contributed by atoms with Crippen LogP contribution in [0.25, 0.3) is 0 Å².